The Labute approximate surface area is 120 Å². The van der Waals surface area contributed by atoms with E-state index in [1.807, 2.05) is 6.92 Å². The lowest BCUT2D eigenvalue weighted by Crippen LogP contribution is -2.21. The fourth-order valence-corrected chi connectivity index (χ4v) is 2.36. The normalized spacial score (nSPS) is 10.1. The Bertz CT molecular complexity index is 639. The highest BCUT2D eigenvalue weighted by atomic mass is 32.1. The van der Waals surface area contributed by atoms with Crippen LogP contribution in [0.1, 0.15) is 32.6 Å². The van der Waals surface area contributed by atoms with Gasteiger partial charge in [0.1, 0.15) is 4.88 Å². The molecule has 1 aromatic heterocycles. The van der Waals surface area contributed by atoms with Crippen molar-refractivity contribution in [2.24, 2.45) is 0 Å². The van der Waals surface area contributed by atoms with Gasteiger partial charge in [0.25, 0.3) is 11.8 Å². The van der Waals surface area contributed by atoms with Gasteiger partial charge in [0.05, 0.1) is 16.9 Å². The van der Waals surface area contributed by atoms with E-state index in [2.05, 4.69) is 20.2 Å². The van der Waals surface area contributed by atoms with E-state index >= 15 is 0 Å². The minimum Gasteiger partial charge on any atom is -0.355 e. The molecule has 0 atom stereocenters. The quantitative estimate of drug-likeness (QED) is 0.898. The number of anilines is 1. The van der Waals surface area contributed by atoms with Crippen molar-refractivity contribution in [2.45, 2.75) is 13.3 Å². The third-order valence-corrected chi connectivity index (χ3v) is 3.51. The number of hydrogen-bond donors (Lipinski definition) is 2. The minimum absolute atomic E-state index is 0.251. The molecule has 0 aliphatic carbocycles. The van der Waals surface area contributed by atoms with Gasteiger partial charge in [-0.1, -0.05) is 23.5 Å². The molecule has 0 bridgehead atoms. The van der Waals surface area contributed by atoms with Crippen LogP contribution >= 0.6 is 11.5 Å². The largest absolute Gasteiger partial charge is 0.355 e. The third kappa shape index (κ3) is 2.83. The molecule has 0 fully saturated rings. The molecular weight excluding hydrogens is 276 g/mol. The molecule has 1 heterocycles. The molecular formula is C13H14N4O2S. The highest BCUT2D eigenvalue weighted by Crippen LogP contribution is 2.18. The molecule has 0 saturated heterocycles. The molecule has 2 rings (SSSR count). The number of para-hydroxylation sites is 1. The van der Waals surface area contributed by atoms with Gasteiger partial charge in [0.15, 0.2) is 0 Å². The molecule has 0 radical (unpaired) electrons. The number of carbonyl (C=O) groups is 2. The van der Waals surface area contributed by atoms with E-state index in [1.54, 1.807) is 31.3 Å². The van der Waals surface area contributed by atoms with Gasteiger partial charge in [-0.2, -0.15) is 0 Å². The highest BCUT2D eigenvalue weighted by molar-refractivity contribution is 7.08. The molecule has 2 amide bonds. The van der Waals surface area contributed by atoms with E-state index < -0.39 is 0 Å². The van der Waals surface area contributed by atoms with Gasteiger partial charge < -0.3 is 10.6 Å². The van der Waals surface area contributed by atoms with Gasteiger partial charge in [0.2, 0.25) is 0 Å². The molecule has 7 heteroatoms. The summed E-state index contributed by atoms with van der Waals surface area (Å²) in [4.78, 5) is 24.4. The summed E-state index contributed by atoms with van der Waals surface area (Å²) in [6.07, 6.45) is 0.635. The molecule has 0 saturated carbocycles. The van der Waals surface area contributed by atoms with Crippen LogP contribution in [0.2, 0.25) is 0 Å². The van der Waals surface area contributed by atoms with E-state index in [9.17, 15) is 9.59 Å². The SMILES string of the molecule is CCc1nnsc1C(=O)Nc1ccccc1C(=O)NC. The number of carbonyl (C=O) groups excluding carboxylic acids is 2. The van der Waals surface area contributed by atoms with Crippen molar-refractivity contribution in [1.29, 1.82) is 0 Å². The summed E-state index contributed by atoms with van der Waals surface area (Å²) in [5.41, 5.74) is 1.54. The second kappa shape index (κ2) is 6.25. The van der Waals surface area contributed by atoms with Crippen LogP contribution in [-0.4, -0.2) is 28.4 Å². The third-order valence-electron chi connectivity index (χ3n) is 2.74. The first-order valence-electron chi connectivity index (χ1n) is 6.11. The Balaban J connectivity index is 2.26. The molecule has 0 unspecified atom stereocenters. The lowest BCUT2D eigenvalue weighted by Gasteiger charge is -2.09. The summed E-state index contributed by atoms with van der Waals surface area (Å²) in [6, 6.07) is 6.84. The Morgan fingerprint density at radius 1 is 1.25 bits per heavy atom. The van der Waals surface area contributed by atoms with Crippen LogP contribution in [0.3, 0.4) is 0 Å². The number of nitrogens with one attached hydrogen (secondary N) is 2. The maximum absolute atomic E-state index is 12.2. The summed E-state index contributed by atoms with van der Waals surface area (Å²) in [7, 11) is 1.54. The Morgan fingerprint density at radius 3 is 2.70 bits per heavy atom. The number of nitrogens with zero attached hydrogens (tertiary/aromatic N) is 2. The van der Waals surface area contributed by atoms with Gasteiger partial charge >= 0.3 is 0 Å². The molecule has 0 aliphatic heterocycles. The first-order chi connectivity index (χ1) is 9.67. The highest BCUT2D eigenvalue weighted by Gasteiger charge is 2.17. The smallest absolute Gasteiger partial charge is 0.269 e. The number of amides is 2. The van der Waals surface area contributed by atoms with Crippen molar-refractivity contribution in [3.05, 3.63) is 40.4 Å². The molecule has 6 nitrogen and oxygen atoms in total. The Morgan fingerprint density at radius 2 is 2.00 bits per heavy atom. The summed E-state index contributed by atoms with van der Waals surface area (Å²) in [6.45, 7) is 1.91. The van der Waals surface area contributed by atoms with Crippen molar-refractivity contribution in [3.63, 3.8) is 0 Å². The van der Waals surface area contributed by atoms with Gasteiger partial charge in [-0.15, -0.1) is 5.10 Å². The summed E-state index contributed by atoms with van der Waals surface area (Å²) in [5, 5.41) is 9.17. The zero-order valence-electron chi connectivity index (χ0n) is 11.1. The average Bonchev–Trinajstić information content (AvgIpc) is 2.95. The first-order valence-corrected chi connectivity index (χ1v) is 6.88. The summed E-state index contributed by atoms with van der Waals surface area (Å²) < 4.78 is 3.78. The lowest BCUT2D eigenvalue weighted by atomic mass is 10.1. The fraction of sp³-hybridized carbons (Fsp3) is 0.231. The number of benzene rings is 1. The molecule has 0 aliphatic rings. The van der Waals surface area contributed by atoms with E-state index in [0.29, 0.717) is 28.2 Å². The van der Waals surface area contributed by atoms with Crippen molar-refractivity contribution in [1.82, 2.24) is 14.9 Å². The second-order valence-corrected chi connectivity index (χ2v) is 4.74. The molecule has 104 valence electrons. The molecule has 20 heavy (non-hydrogen) atoms. The van der Waals surface area contributed by atoms with Crippen LogP contribution in [0.25, 0.3) is 0 Å². The van der Waals surface area contributed by atoms with Gasteiger partial charge in [-0.3, -0.25) is 9.59 Å². The number of aryl methyl sites for hydroxylation is 1. The molecule has 0 spiro atoms. The van der Waals surface area contributed by atoms with E-state index in [0.717, 1.165) is 11.5 Å². The van der Waals surface area contributed by atoms with Crippen LogP contribution in [-0.2, 0) is 6.42 Å². The Hall–Kier alpha value is -2.28. The maximum atomic E-state index is 12.2. The first kappa shape index (κ1) is 14.1. The lowest BCUT2D eigenvalue weighted by molar-refractivity contribution is 0.0964. The zero-order valence-corrected chi connectivity index (χ0v) is 12.0. The van der Waals surface area contributed by atoms with Crippen LogP contribution in [0.15, 0.2) is 24.3 Å². The average molecular weight is 290 g/mol. The van der Waals surface area contributed by atoms with E-state index in [1.165, 1.54) is 0 Å². The Kier molecular flexibility index (Phi) is 4.41. The molecule has 2 N–H and O–H groups in total. The van der Waals surface area contributed by atoms with Crippen molar-refractivity contribution in [3.8, 4) is 0 Å². The molecule has 2 aromatic rings. The van der Waals surface area contributed by atoms with Gasteiger partial charge in [-0.05, 0) is 30.1 Å². The van der Waals surface area contributed by atoms with E-state index in [4.69, 9.17) is 0 Å². The summed E-state index contributed by atoms with van der Waals surface area (Å²) in [5.74, 6) is -0.549. The number of rotatable bonds is 4. The maximum Gasteiger partial charge on any atom is 0.269 e. The zero-order chi connectivity index (χ0) is 14.5. The van der Waals surface area contributed by atoms with E-state index in [-0.39, 0.29) is 11.8 Å². The topological polar surface area (TPSA) is 84.0 Å². The van der Waals surface area contributed by atoms with Crippen LogP contribution in [0.5, 0.6) is 0 Å². The van der Waals surface area contributed by atoms with Crippen molar-refractivity contribution in [2.75, 3.05) is 12.4 Å². The van der Waals surface area contributed by atoms with Crippen molar-refractivity contribution >= 4 is 29.0 Å². The fourth-order valence-electron chi connectivity index (χ4n) is 1.72. The predicted octanol–water partition coefficient (Wildman–Crippen LogP) is 1.71. The minimum atomic E-state index is -0.298. The number of hydrogen-bond acceptors (Lipinski definition) is 5. The standard InChI is InChI=1S/C13H14N4O2S/c1-3-9-11(20-17-16-9)13(19)15-10-7-5-4-6-8(10)12(18)14-2/h4-7H,3H2,1-2H3,(H,14,18)(H,15,19). The summed E-state index contributed by atoms with van der Waals surface area (Å²) >= 11 is 1.05. The van der Waals surface area contributed by atoms with Crippen LogP contribution in [0.4, 0.5) is 5.69 Å². The monoisotopic (exact) mass is 290 g/mol. The van der Waals surface area contributed by atoms with Gasteiger partial charge in [-0.25, -0.2) is 0 Å². The van der Waals surface area contributed by atoms with Crippen LogP contribution < -0.4 is 10.6 Å². The number of aromatic nitrogens is 2. The van der Waals surface area contributed by atoms with Crippen molar-refractivity contribution < 1.29 is 9.59 Å². The second-order valence-electron chi connectivity index (χ2n) is 3.98. The van der Waals surface area contributed by atoms with Crippen LogP contribution in [0, 0.1) is 0 Å². The molecule has 1 aromatic carbocycles. The van der Waals surface area contributed by atoms with Gasteiger partial charge in [0, 0.05) is 7.05 Å². The predicted molar refractivity (Wildman–Crippen MR) is 77.1 cm³/mol.